The summed E-state index contributed by atoms with van der Waals surface area (Å²) in [5.74, 6) is 2.18. The van der Waals surface area contributed by atoms with E-state index in [1.165, 1.54) is 6.26 Å². The normalized spacial score (nSPS) is 21.1. The number of hydrogen-bond acceptors (Lipinski definition) is 6. The Hall–Kier alpha value is -0.920. The molecule has 2 atom stereocenters. The van der Waals surface area contributed by atoms with Gasteiger partial charge < -0.3 is 15.4 Å². The lowest BCUT2D eigenvalue weighted by molar-refractivity contribution is 0.407. The summed E-state index contributed by atoms with van der Waals surface area (Å²) in [4.78, 5) is 1.95. The Labute approximate surface area is 130 Å². The molecule has 0 saturated carbocycles. The Morgan fingerprint density at radius 2 is 2.19 bits per heavy atom. The van der Waals surface area contributed by atoms with E-state index >= 15 is 0 Å². The molecule has 7 heteroatoms. The van der Waals surface area contributed by atoms with Crippen LogP contribution in [0.1, 0.15) is 18.5 Å². The molecule has 2 rings (SSSR count). The Balaban J connectivity index is 2.53. The van der Waals surface area contributed by atoms with Gasteiger partial charge in [-0.1, -0.05) is 6.07 Å². The maximum absolute atomic E-state index is 12.1. The van der Waals surface area contributed by atoms with Gasteiger partial charge in [-0.3, -0.25) is 0 Å². The van der Waals surface area contributed by atoms with E-state index in [-0.39, 0.29) is 6.04 Å². The Kier molecular flexibility index (Phi) is 5.06. The summed E-state index contributed by atoms with van der Waals surface area (Å²) in [6.45, 7) is 2.57. The lowest BCUT2D eigenvalue weighted by Gasteiger charge is -2.37. The number of hydrogen-bond donors (Lipinski definition) is 1. The summed E-state index contributed by atoms with van der Waals surface area (Å²) in [6, 6.07) is 5.43. The number of nitrogens with zero attached hydrogens (tertiary/aromatic N) is 1. The second-order valence-electron chi connectivity index (χ2n) is 5.23. The minimum atomic E-state index is -3.16. The van der Waals surface area contributed by atoms with Crippen LogP contribution in [0.4, 0.5) is 5.69 Å². The highest BCUT2D eigenvalue weighted by Gasteiger charge is 2.33. The van der Waals surface area contributed by atoms with E-state index < -0.39 is 15.2 Å². The van der Waals surface area contributed by atoms with Crippen molar-refractivity contribution in [2.24, 2.45) is 5.73 Å². The van der Waals surface area contributed by atoms with Crippen LogP contribution in [0.25, 0.3) is 0 Å². The summed E-state index contributed by atoms with van der Waals surface area (Å²) in [5.41, 5.74) is 7.81. The summed E-state index contributed by atoms with van der Waals surface area (Å²) in [5, 5.41) is -0.513. The molecular formula is C14H22N2O3S2. The van der Waals surface area contributed by atoms with Crippen molar-refractivity contribution in [2.75, 3.05) is 36.3 Å². The number of nitrogens with two attached hydrogens (primary N) is 1. The summed E-state index contributed by atoms with van der Waals surface area (Å²) in [6.07, 6.45) is 1.29. The average Bonchev–Trinajstić information content (AvgIpc) is 2.45. The predicted molar refractivity (Wildman–Crippen MR) is 88.9 cm³/mol. The van der Waals surface area contributed by atoms with Crippen LogP contribution in [-0.2, 0) is 9.84 Å². The molecule has 0 spiro atoms. The van der Waals surface area contributed by atoms with Crippen molar-refractivity contribution in [2.45, 2.75) is 18.3 Å². The topological polar surface area (TPSA) is 72.6 Å². The molecule has 0 amide bonds. The fourth-order valence-electron chi connectivity index (χ4n) is 2.63. The van der Waals surface area contributed by atoms with Gasteiger partial charge in [0.1, 0.15) is 11.1 Å². The van der Waals surface area contributed by atoms with Crippen LogP contribution in [-0.4, -0.2) is 45.2 Å². The van der Waals surface area contributed by atoms with Gasteiger partial charge in [0.05, 0.1) is 7.11 Å². The molecule has 2 N–H and O–H groups in total. The van der Waals surface area contributed by atoms with Crippen LogP contribution in [0.2, 0.25) is 0 Å². The quantitative estimate of drug-likeness (QED) is 0.905. The molecule has 0 aliphatic carbocycles. The van der Waals surface area contributed by atoms with Crippen molar-refractivity contribution in [3.8, 4) is 5.75 Å². The second-order valence-corrected chi connectivity index (χ2v) is 8.59. The van der Waals surface area contributed by atoms with Gasteiger partial charge in [0.25, 0.3) is 0 Å². The molecule has 1 heterocycles. The molecule has 0 radical (unpaired) electrons. The van der Waals surface area contributed by atoms with E-state index in [0.717, 1.165) is 17.0 Å². The molecule has 1 unspecified atom stereocenters. The van der Waals surface area contributed by atoms with Gasteiger partial charge in [-0.05, 0) is 19.1 Å². The van der Waals surface area contributed by atoms with Crippen LogP contribution in [0.5, 0.6) is 5.75 Å². The number of ether oxygens (including phenoxy) is 1. The van der Waals surface area contributed by atoms with Gasteiger partial charge in [0, 0.05) is 41.6 Å². The fourth-order valence-corrected chi connectivity index (χ4v) is 5.46. The molecule has 1 aliphatic heterocycles. The number of anilines is 1. The predicted octanol–water partition coefficient (Wildman–Crippen LogP) is 1.64. The molecule has 1 aromatic rings. The maximum Gasteiger partial charge on any atom is 0.169 e. The molecule has 1 fully saturated rings. The lowest BCUT2D eigenvalue weighted by Crippen LogP contribution is -2.47. The monoisotopic (exact) mass is 330 g/mol. The SMILES string of the molecule is COc1cccc(N2CCSCC2S(C)(=O)=O)c1[C@H](C)N. The van der Waals surface area contributed by atoms with Crippen LogP contribution < -0.4 is 15.4 Å². The van der Waals surface area contributed by atoms with Gasteiger partial charge in [0.2, 0.25) is 0 Å². The Morgan fingerprint density at radius 1 is 1.48 bits per heavy atom. The van der Waals surface area contributed by atoms with Crippen LogP contribution >= 0.6 is 11.8 Å². The average molecular weight is 330 g/mol. The minimum Gasteiger partial charge on any atom is -0.496 e. The standard InChI is InChI=1S/C14H22N2O3S2/c1-10(15)14-11(5-4-6-12(14)19-2)16-7-8-20-9-13(16)21(3,17)18/h4-6,10,13H,7-9,15H2,1-3H3/t10-,13?/m0/s1. The number of methoxy groups -OCH3 is 1. The van der Waals surface area contributed by atoms with Crippen molar-refractivity contribution >= 4 is 27.3 Å². The largest absolute Gasteiger partial charge is 0.496 e. The van der Waals surface area contributed by atoms with E-state index in [1.54, 1.807) is 18.9 Å². The number of thioether (sulfide) groups is 1. The van der Waals surface area contributed by atoms with Gasteiger partial charge in [-0.15, -0.1) is 0 Å². The third kappa shape index (κ3) is 3.46. The highest BCUT2D eigenvalue weighted by atomic mass is 32.2. The van der Waals surface area contributed by atoms with Crippen LogP contribution in [0.3, 0.4) is 0 Å². The van der Waals surface area contributed by atoms with Crippen molar-refractivity contribution in [1.82, 2.24) is 0 Å². The highest BCUT2D eigenvalue weighted by molar-refractivity contribution is 8.01. The number of benzene rings is 1. The molecule has 0 aromatic heterocycles. The zero-order chi connectivity index (χ0) is 15.6. The first-order valence-electron chi connectivity index (χ1n) is 6.82. The third-order valence-electron chi connectivity index (χ3n) is 3.61. The van der Waals surface area contributed by atoms with Crippen molar-refractivity contribution < 1.29 is 13.2 Å². The van der Waals surface area contributed by atoms with Crippen LogP contribution in [0, 0.1) is 0 Å². The van der Waals surface area contributed by atoms with E-state index in [2.05, 4.69) is 0 Å². The maximum atomic E-state index is 12.1. The molecule has 1 saturated heterocycles. The lowest BCUT2D eigenvalue weighted by atomic mass is 10.0. The summed E-state index contributed by atoms with van der Waals surface area (Å²) in [7, 11) is -1.56. The van der Waals surface area contributed by atoms with E-state index in [0.29, 0.717) is 18.0 Å². The first kappa shape index (κ1) is 16.5. The summed E-state index contributed by atoms with van der Waals surface area (Å²) < 4.78 is 29.6. The first-order valence-corrected chi connectivity index (χ1v) is 9.93. The van der Waals surface area contributed by atoms with E-state index in [1.807, 2.05) is 30.0 Å². The molecule has 1 aliphatic rings. The van der Waals surface area contributed by atoms with Gasteiger partial charge in [0.15, 0.2) is 9.84 Å². The zero-order valence-corrected chi connectivity index (χ0v) is 14.2. The molecule has 0 bridgehead atoms. The van der Waals surface area contributed by atoms with Crippen molar-refractivity contribution in [3.05, 3.63) is 23.8 Å². The van der Waals surface area contributed by atoms with Gasteiger partial charge in [-0.2, -0.15) is 11.8 Å². The Bertz CT molecular complexity index is 602. The zero-order valence-electron chi connectivity index (χ0n) is 12.6. The third-order valence-corrected chi connectivity index (χ3v) is 6.25. The molecule has 5 nitrogen and oxygen atoms in total. The summed E-state index contributed by atoms with van der Waals surface area (Å²) >= 11 is 1.67. The van der Waals surface area contributed by atoms with Gasteiger partial charge >= 0.3 is 0 Å². The molecule has 118 valence electrons. The van der Waals surface area contributed by atoms with Crippen molar-refractivity contribution in [3.63, 3.8) is 0 Å². The van der Waals surface area contributed by atoms with Crippen LogP contribution in [0.15, 0.2) is 18.2 Å². The minimum absolute atomic E-state index is 0.231. The number of sulfone groups is 1. The highest BCUT2D eigenvalue weighted by Crippen LogP contribution is 2.37. The Morgan fingerprint density at radius 3 is 2.76 bits per heavy atom. The molecule has 21 heavy (non-hydrogen) atoms. The molecule has 1 aromatic carbocycles. The van der Waals surface area contributed by atoms with Gasteiger partial charge in [-0.25, -0.2) is 8.42 Å². The van der Waals surface area contributed by atoms with E-state index in [4.69, 9.17) is 10.5 Å². The number of rotatable bonds is 4. The second kappa shape index (κ2) is 6.46. The van der Waals surface area contributed by atoms with Crippen molar-refractivity contribution in [1.29, 1.82) is 0 Å². The molecular weight excluding hydrogens is 308 g/mol. The fraction of sp³-hybridized carbons (Fsp3) is 0.571. The smallest absolute Gasteiger partial charge is 0.169 e. The van der Waals surface area contributed by atoms with E-state index in [9.17, 15) is 8.42 Å². The first-order chi connectivity index (χ1) is 9.86.